The van der Waals surface area contributed by atoms with Gasteiger partial charge in [-0.3, -0.25) is 0 Å². The van der Waals surface area contributed by atoms with Crippen molar-refractivity contribution in [1.82, 2.24) is 0 Å². The van der Waals surface area contributed by atoms with Crippen molar-refractivity contribution < 1.29 is 0 Å². The van der Waals surface area contributed by atoms with Gasteiger partial charge in [-0.25, -0.2) is 0 Å². The Hall–Kier alpha value is -15.0. The van der Waals surface area contributed by atoms with E-state index in [2.05, 4.69) is 515 Å². The molecule has 1 heterocycles. The van der Waals surface area contributed by atoms with Crippen molar-refractivity contribution in [2.45, 2.75) is 96.9 Å². The van der Waals surface area contributed by atoms with Crippen molar-refractivity contribution in [3.8, 4) is 44.5 Å². The quantitative estimate of drug-likeness (QED) is 0.0669. The monoisotopic (exact) mass is 1690 g/mol. The van der Waals surface area contributed by atoms with Gasteiger partial charge in [0.2, 0.25) is 0 Å². The van der Waals surface area contributed by atoms with Gasteiger partial charge < -0.3 is 29.4 Å². The van der Waals surface area contributed by atoms with E-state index in [4.69, 9.17) is 0 Å². The minimum Gasteiger partial charge on any atom is -0.310 e. The van der Waals surface area contributed by atoms with Gasteiger partial charge in [0.25, 0.3) is 0 Å². The van der Waals surface area contributed by atoms with Crippen molar-refractivity contribution >= 4 is 134 Å². The van der Waals surface area contributed by atoms with Crippen LogP contribution in [-0.2, 0) is 0 Å². The first-order chi connectivity index (χ1) is 62.6. The zero-order valence-electron chi connectivity index (χ0n) is 76.0. The number of hydrogen-bond donors (Lipinski definition) is 0. The standard InChI is InChI=1S/C122H106N6S/c1-79-15-41-101(42-16-79)123(115-63-19-81(3)71-87(115)9)103-45-25-93(26-46-103)95-29-49-105(50-30-95)125(117-65-21-83(5)73-89(117)11)107-53-33-97(34-54-107)99-37-57-109(58-38-99)127(119-67-23-85(7)75-91(119)13)111-61-69-121-113(77-111)114-78-112(62-70-122(114)129-121)128(120-68-24-86(8)76-92(120)14)110-59-39-100(40-60-110)98-35-55-108(56-36-98)126(118-66-22-84(6)74-90(118)12)106-51-31-96(32-52-106)94-27-47-104(48-28-94)124(102-43-17-80(2)18-44-102)116-64-20-82(4)72-88(116)10/h15-78H,1-14H3. The van der Waals surface area contributed by atoms with E-state index >= 15 is 0 Å². The summed E-state index contributed by atoms with van der Waals surface area (Å²) >= 11 is 1.85. The maximum atomic E-state index is 2.44. The van der Waals surface area contributed by atoms with Gasteiger partial charge in [0, 0.05) is 123 Å². The molecule has 0 N–H and O–H groups in total. The highest BCUT2D eigenvalue weighted by Gasteiger charge is 2.25. The number of benzene rings is 18. The molecule has 0 atom stereocenters. The van der Waals surface area contributed by atoms with Crippen molar-refractivity contribution in [1.29, 1.82) is 0 Å². The molecular formula is C122H106N6S. The summed E-state index contributed by atoms with van der Waals surface area (Å²) in [6.07, 6.45) is 0. The van der Waals surface area contributed by atoms with Crippen LogP contribution in [0.25, 0.3) is 64.7 Å². The van der Waals surface area contributed by atoms with Crippen LogP contribution in [0, 0.1) is 96.9 Å². The Morgan fingerprint density at radius 1 is 0.132 bits per heavy atom. The normalized spacial score (nSPS) is 11.3. The smallest absolute Gasteiger partial charge is 0.0490 e. The Morgan fingerprint density at radius 3 is 0.434 bits per heavy atom. The second-order valence-corrected chi connectivity index (χ2v) is 36.3. The van der Waals surface area contributed by atoms with E-state index in [9.17, 15) is 0 Å². The Kier molecular flexibility index (Phi) is 22.9. The molecule has 19 aromatic rings. The Balaban J connectivity index is 0.592. The zero-order chi connectivity index (χ0) is 88.8. The first-order valence-electron chi connectivity index (χ1n) is 44.8. The molecule has 0 amide bonds. The highest BCUT2D eigenvalue weighted by atomic mass is 32.1. The molecule has 0 aliphatic carbocycles. The molecule has 0 aliphatic rings. The number of fused-ring (bicyclic) bond motifs is 3. The summed E-state index contributed by atoms with van der Waals surface area (Å²) in [6.45, 7) is 30.6. The molecule has 7 heteroatoms. The van der Waals surface area contributed by atoms with Crippen molar-refractivity contribution in [3.63, 3.8) is 0 Å². The molecule has 0 radical (unpaired) electrons. The van der Waals surface area contributed by atoms with E-state index in [1.807, 2.05) is 11.3 Å². The highest BCUT2D eigenvalue weighted by molar-refractivity contribution is 7.25. The van der Waals surface area contributed by atoms with Crippen LogP contribution in [-0.4, -0.2) is 0 Å². The summed E-state index contributed by atoms with van der Waals surface area (Å²) in [5, 5.41) is 2.44. The van der Waals surface area contributed by atoms with Crippen LogP contribution in [0.2, 0.25) is 0 Å². The van der Waals surface area contributed by atoms with Gasteiger partial charge in [0.05, 0.1) is 0 Å². The number of aryl methyl sites for hydroxylation is 14. The second-order valence-electron chi connectivity index (χ2n) is 35.3. The summed E-state index contributed by atoms with van der Waals surface area (Å²) in [4.78, 5) is 14.4. The molecule has 6 nitrogen and oxygen atoms in total. The minimum atomic E-state index is 1.08. The van der Waals surface area contributed by atoms with Crippen molar-refractivity contribution in [3.05, 3.63) is 466 Å². The van der Waals surface area contributed by atoms with E-state index in [1.165, 1.54) is 109 Å². The highest BCUT2D eigenvalue weighted by Crippen LogP contribution is 2.49. The molecule has 18 aromatic carbocycles. The summed E-state index contributed by atoms with van der Waals surface area (Å²) < 4.78 is 2.49. The topological polar surface area (TPSA) is 19.4 Å². The third-order valence-corrected chi connectivity index (χ3v) is 26.6. The Morgan fingerprint density at radius 2 is 0.271 bits per heavy atom. The minimum absolute atomic E-state index is 1.08. The zero-order valence-corrected chi connectivity index (χ0v) is 76.9. The van der Waals surface area contributed by atoms with Gasteiger partial charge in [-0.15, -0.1) is 11.3 Å². The lowest BCUT2D eigenvalue weighted by Crippen LogP contribution is -2.12. The van der Waals surface area contributed by atoms with Crippen LogP contribution >= 0.6 is 11.3 Å². The number of nitrogens with zero attached hydrogens (tertiary/aromatic N) is 6. The van der Waals surface area contributed by atoms with Gasteiger partial charge in [0.15, 0.2) is 0 Å². The number of anilines is 18. The van der Waals surface area contributed by atoms with Crippen LogP contribution in [0.5, 0.6) is 0 Å². The van der Waals surface area contributed by atoms with Crippen molar-refractivity contribution in [2.24, 2.45) is 0 Å². The molecular weight excluding hydrogens is 1580 g/mol. The average Bonchev–Trinajstić information content (AvgIpc) is 1.65. The fraction of sp³-hybridized carbons (Fsp3) is 0.115. The molecule has 0 fully saturated rings. The van der Waals surface area contributed by atoms with Gasteiger partial charge in [-0.2, -0.15) is 0 Å². The lowest BCUT2D eigenvalue weighted by molar-refractivity contribution is 1.23. The molecule has 1 aromatic heterocycles. The first-order valence-corrected chi connectivity index (χ1v) is 45.6. The van der Waals surface area contributed by atoms with Gasteiger partial charge in [-0.1, -0.05) is 239 Å². The largest absolute Gasteiger partial charge is 0.310 e. The predicted octanol–water partition coefficient (Wildman–Crippen LogP) is 35.9. The first kappa shape index (κ1) is 83.5. The predicted molar refractivity (Wildman–Crippen MR) is 555 cm³/mol. The molecule has 19 rings (SSSR count). The van der Waals surface area contributed by atoms with Crippen LogP contribution in [0.4, 0.5) is 102 Å². The third-order valence-electron chi connectivity index (χ3n) is 25.4. The Bertz CT molecular complexity index is 6900. The van der Waals surface area contributed by atoms with Crippen LogP contribution < -0.4 is 29.4 Å². The van der Waals surface area contributed by atoms with E-state index in [1.54, 1.807) is 0 Å². The molecule has 0 aliphatic heterocycles. The van der Waals surface area contributed by atoms with Crippen LogP contribution in [0.15, 0.2) is 388 Å². The third kappa shape index (κ3) is 17.1. The summed E-state index contributed by atoms with van der Waals surface area (Å²) in [7, 11) is 0. The van der Waals surface area contributed by atoms with Crippen molar-refractivity contribution in [2.75, 3.05) is 29.4 Å². The fourth-order valence-corrected chi connectivity index (χ4v) is 19.8. The molecule has 0 saturated heterocycles. The molecule has 0 unspecified atom stereocenters. The summed E-state index contributed by atoms with van der Waals surface area (Å²) in [5.41, 5.74) is 46.6. The SMILES string of the molecule is Cc1ccc(N(c2ccc(-c3ccc(N(c4ccc(-c5ccc(N(c6ccc7sc8ccc(N(c9ccc(-c%10ccc(N(c%11ccc(-c%12ccc(N(c%13ccc(C)cc%13)c%13ccc(C)cc%13C)cc%12)cc%11)c%11ccc(C)cc%11C)cc%10)cc9)c9ccc(C)cc9C)cc8c7c6)c6ccc(C)cc6C)cc5)cc4)c4ccc(C)cc4C)cc3)cc2)c2ccc(C)cc2C)cc1. The maximum absolute atomic E-state index is 2.44. The van der Waals surface area contributed by atoms with E-state index in [0.29, 0.717) is 0 Å². The van der Waals surface area contributed by atoms with E-state index in [-0.39, 0.29) is 0 Å². The van der Waals surface area contributed by atoms with E-state index < -0.39 is 0 Å². The second kappa shape index (κ2) is 35.4. The van der Waals surface area contributed by atoms with Gasteiger partial charge >= 0.3 is 0 Å². The van der Waals surface area contributed by atoms with E-state index in [0.717, 1.165) is 136 Å². The number of hydrogen-bond acceptors (Lipinski definition) is 7. The summed E-state index contributed by atoms with van der Waals surface area (Å²) in [5.74, 6) is 0. The lowest BCUT2D eigenvalue weighted by Gasteiger charge is -2.28. The maximum Gasteiger partial charge on any atom is 0.0490 e. The number of thiophene rings is 1. The lowest BCUT2D eigenvalue weighted by atomic mass is 10.0. The molecule has 0 spiro atoms. The summed E-state index contributed by atoms with van der Waals surface area (Å²) in [6, 6.07) is 145. The number of rotatable bonds is 22. The van der Waals surface area contributed by atoms with Gasteiger partial charge in [-0.05, 0) is 369 Å². The molecule has 630 valence electrons. The van der Waals surface area contributed by atoms with Crippen LogP contribution in [0.3, 0.4) is 0 Å². The Labute approximate surface area is 765 Å². The average molecular weight is 1690 g/mol. The fourth-order valence-electron chi connectivity index (χ4n) is 18.7. The van der Waals surface area contributed by atoms with Crippen LogP contribution in [0.1, 0.15) is 77.9 Å². The van der Waals surface area contributed by atoms with Gasteiger partial charge in [0.1, 0.15) is 0 Å². The molecule has 129 heavy (non-hydrogen) atoms. The molecule has 0 bridgehead atoms. The molecule has 0 saturated carbocycles.